The molecule has 0 rings (SSSR count). The Morgan fingerprint density at radius 1 is 0.517 bits per heavy atom. The number of alkyl carbamates (subject to hydrolysis) is 1. The van der Waals surface area contributed by atoms with Gasteiger partial charge in [0.1, 0.15) is 11.7 Å². The zero-order chi connectivity index (χ0) is 43.0. The number of nitrogens with one attached hydrogen (secondary N) is 1. The normalized spacial score (nSPS) is 12.3. The van der Waals surface area contributed by atoms with Crippen molar-refractivity contribution in [1.29, 1.82) is 0 Å². The van der Waals surface area contributed by atoms with E-state index in [9.17, 15) is 14.4 Å². The van der Waals surface area contributed by atoms with Crippen LogP contribution in [0.25, 0.3) is 0 Å². The molecule has 344 valence electrons. The van der Waals surface area contributed by atoms with Crippen LogP contribution < -0.4 is 5.32 Å². The van der Waals surface area contributed by atoms with Crippen LogP contribution in [0.2, 0.25) is 0 Å². The van der Waals surface area contributed by atoms with Gasteiger partial charge in [-0.05, 0) is 97.6 Å². The second-order valence-corrected chi connectivity index (χ2v) is 18.5. The Balaban J connectivity index is 4.50. The van der Waals surface area contributed by atoms with Crippen LogP contribution in [0, 0.1) is 5.92 Å². The summed E-state index contributed by atoms with van der Waals surface area (Å²) in [5.41, 5.74) is -0.518. The predicted octanol–water partition coefficient (Wildman–Crippen LogP) is 14.4. The standard InChI is InChI=1S/C50H98N2O6/c1-8-11-14-17-20-22-28-35-45(4)44-56-47(53)38-32-27-34-42-52(43-40-51-49(55)58-50(5,6)7)41-33-26-21-25-31-39-48(54)57-46(36-29-23-18-15-12-9-2)37-30-24-19-16-13-10-3/h45-46H,8-44H2,1-7H3,(H,51,55). The molecule has 1 amide bonds. The predicted molar refractivity (Wildman–Crippen MR) is 245 cm³/mol. The highest BCUT2D eigenvalue weighted by atomic mass is 16.6. The van der Waals surface area contributed by atoms with Crippen LogP contribution in [0.3, 0.4) is 0 Å². The summed E-state index contributed by atoms with van der Waals surface area (Å²) in [6.45, 7) is 18.3. The van der Waals surface area contributed by atoms with Crippen LogP contribution in [0.1, 0.15) is 254 Å². The van der Waals surface area contributed by atoms with Gasteiger partial charge in [0.15, 0.2) is 0 Å². The Morgan fingerprint density at radius 3 is 1.43 bits per heavy atom. The third kappa shape index (κ3) is 40.9. The number of hydrogen-bond donors (Lipinski definition) is 1. The summed E-state index contributed by atoms with van der Waals surface area (Å²) in [6, 6.07) is 0. The minimum absolute atomic E-state index is 0.00717. The van der Waals surface area contributed by atoms with Crippen LogP contribution >= 0.6 is 0 Å². The third-order valence-electron chi connectivity index (χ3n) is 11.2. The summed E-state index contributed by atoms with van der Waals surface area (Å²) < 4.78 is 17.1. The smallest absolute Gasteiger partial charge is 0.407 e. The lowest BCUT2D eigenvalue weighted by atomic mass is 10.0. The van der Waals surface area contributed by atoms with Crippen molar-refractivity contribution >= 4 is 18.0 Å². The lowest BCUT2D eigenvalue weighted by Gasteiger charge is -2.24. The first kappa shape index (κ1) is 56.2. The van der Waals surface area contributed by atoms with Crippen molar-refractivity contribution in [2.45, 2.75) is 266 Å². The van der Waals surface area contributed by atoms with Crippen molar-refractivity contribution in [2.24, 2.45) is 5.92 Å². The summed E-state index contributed by atoms with van der Waals surface area (Å²) in [5.74, 6) is 0.349. The van der Waals surface area contributed by atoms with Crippen LogP contribution in [-0.4, -0.2) is 67.4 Å². The Labute approximate surface area is 360 Å². The zero-order valence-corrected chi connectivity index (χ0v) is 39.7. The highest BCUT2D eigenvalue weighted by molar-refractivity contribution is 5.69. The lowest BCUT2D eigenvalue weighted by Crippen LogP contribution is -2.38. The molecule has 8 heteroatoms. The van der Waals surface area contributed by atoms with Crippen molar-refractivity contribution in [3.63, 3.8) is 0 Å². The Kier molecular flexibility index (Phi) is 39.3. The number of carbonyl (C=O) groups is 3. The second-order valence-electron chi connectivity index (χ2n) is 18.5. The zero-order valence-electron chi connectivity index (χ0n) is 39.7. The molecule has 8 nitrogen and oxygen atoms in total. The topological polar surface area (TPSA) is 94.2 Å². The van der Waals surface area contributed by atoms with E-state index in [2.05, 4.69) is 37.9 Å². The maximum atomic E-state index is 12.8. The monoisotopic (exact) mass is 823 g/mol. The molecule has 0 aliphatic heterocycles. The van der Waals surface area contributed by atoms with Gasteiger partial charge in [0.2, 0.25) is 0 Å². The molecular formula is C50H98N2O6. The quantitative estimate of drug-likeness (QED) is 0.0372. The van der Waals surface area contributed by atoms with Gasteiger partial charge in [0.05, 0.1) is 6.61 Å². The van der Waals surface area contributed by atoms with Crippen LogP contribution in [0.4, 0.5) is 4.79 Å². The minimum atomic E-state index is -0.518. The molecule has 0 saturated carbocycles. The molecule has 1 N–H and O–H groups in total. The molecule has 0 aliphatic rings. The first-order valence-corrected chi connectivity index (χ1v) is 25.0. The SMILES string of the molecule is CCCCCCCCCC(C)COC(=O)CCCCCN(CCCCCCCC(=O)OC(CCCCCCCC)CCCCCCCC)CCNC(=O)OC(C)(C)C. The first-order chi connectivity index (χ1) is 28.0. The molecule has 0 aromatic carbocycles. The molecule has 1 unspecified atom stereocenters. The van der Waals surface area contributed by atoms with E-state index < -0.39 is 5.60 Å². The van der Waals surface area contributed by atoms with Gasteiger partial charge >= 0.3 is 18.0 Å². The maximum absolute atomic E-state index is 12.8. The molecule has 1 atom stereocenters. The molecule has 0 saturated heterocycles. The first-order valence-electron chi connectivity index (χ1n) is 25.0. The number of esters is 2. The summed E-state index contributed by atoms with van der Waals surface area (Å²) in [5, 5.41) is 2.91. The summed E-state index contributed by atoms with van der Waals surface area (Å²) in [6.07, 6.45) is 36.4. The third-order valence-corrected chi connectivity index (χ3v) is 11.2. The van der Waals surface area contributed by atoms with Gasteiger partial charge in [-0.3, -0.25) is 9.59 Å². The van der Waals surface area contributed by atoms with E-state index in [4.69, 9.17) is 14.2 Å². The molecular weight excluding hydrogens is 725 g/mol. The van der Waals surface area contributed by atoms with E-state index in [0.717, 1.165) is 90.3 Å². The number of nitrogens with zero attached hydrogens (tertiary/aromatic N) is 1. The molecule has 58 heavy (non-hydrogen) atoms. The molecule has 0 aromatic rings. The highest BCUT2D eigenvalue weighted by Crippen LogP contribution is 2.19. The molecule has 0 aromatic heterocycles. The van der Waals surface area contributed by atoms with Gasteiger partial charge in [0, 0.05) is 25.9 Å². The highest BCUT2D eigenvalue weighted by Gasteiger charge is 2.17. The molecule has 0 spiro atoms. The number of ether oxygens (including phenoxy) is 3. The molecule has 0 heterocycles. The average molecular weight is 823 g/mol. The van der Waals surface area contributed by atoms with Gasteiger partial charge in [0.25, 0.3) is 0 Å². The molecule has 0 fully saturated rings. The van der Waals surface area contributed by atoms with E-state index in [-0.39, 0.29) is 24.1 Å². The number of unbranched alkanes of at least 4 members (excludes halogenated alkanes) is 22. The fourth-order valence-corrected chi connectivity index (χ4v) is 7.53. The Bertz CT molecular complexity index is 922. The van der Waals surface area contributed by atoms with Gasteiger partial charge in [-0.25, -0.2) is 4.79 Å². The van der Waals surface area contributed by atoms with Gasteiger partial charge in [-0.1, -0.05) is 163 Å². The van der Waals surface area contributed by atoms with E-state index >= 15 is 0 Å². The van der Waals surface area contributed by atoms with Crippen molar-refractivity contribution in [3.05, 3.63) is 0 Å². The lowest BCUT2D eigenvalue weighted by molar-refractivity contribution is -0.150. The largest absolute Gasteiger partial charge is 0.465 e. The fraction of sp³-hybridized carbons (Fsp3) is 0.940. The van der Waals surface area contributed by atoms with E-state index in [1.165, 1.54) is 122 Å². The van der Waals surface area contributed by atoms with Crippen molar-refractivity contribution in [3.8, 4) is 0 Å². The van der Waals surface area contributed by atoms with Gasteiger partial charge in [-0.15, -0.1) is 0 Å². The van der Waals surface area contributed by atoms with Crippen LogP contribution in [-0.2, 0) is 23.8 Å². The number of rotatable bonds is 42. The number of amides is 1. The summed E-state index contributed by atoms with van der Waals surface area (Å²) in [4.78, 5) is 39.9. The summed E-state index contributed by atoms with van der Waals surface area (Å²) >= 11 is 0. The molecule has 0 radical (unpaired) electrons. The molecule has 0 bridgehead atoms. The summed E-state index contributed by atoms with van der Waals surface area (Å²) in [7, 11) is 0. The fourth-order valence-electron chi connectivity index (χ4n) is 7.53. The van der Waals surface area contributed by atoms with E-state index in [0.29, 0.717) is 31.9 Å². The van der Waals surface area contributed by atoms with Crippen molar-refractivity contribution in [1.82, 2.24) is 10.2 Å². The molecule has 0 aliphatic carbocycles. The van der Waals surface area contributed by atoms with Crippen molar-refractivity contribution < 1.29 is 28.6 Å². The van der Waals surface area contributed by atoms with Crippen molar-refractivity contribution in [2.75, 3.05) is 32.8 Å². The average Bonchev–Trinajstić information content (AvgIpc) is 3.17. The Morgan fingerprint density at radius 2 is 0.931 bits per heavy atom. The Hall–Kier alpha value is -1.83. The van der Waals surface area contributed by atoms with Gasteiger partial charge in [-0.2, -0.15) is 0 Å². The van der Waals surface area contributed by atoms with E-state index in [1.807, 2.05) is 20.8 Å². The second kappa shape index (κ2) is 40.6. The minimum Gasteiger partial charge on any atom is -0.465 e. The van der Waals surface area contributed by atoms with E-state index in [1.54, 1.807) is 0 Å². The maximum Gasteiger partial charge on any atom is 0.407 e. The number of carbonyl (C=O) groups excluding carboxylic acids is 3. The number of hydrogen-bond acceptors (Lipinski definition) is 7. The van der Waals surface area contributed by atoms with Crippen LogP contribution in [0.15, 0.2) is 0 Å². The van der Waals surface area contributed by atoms with Crippen LogP contribution in [0.5, 0.6) is 0 Å². The van der Waals surface area contributed by atoms with Gasteiger partial charge < -0.3 is 24.4 Å².